The van der Waals surface area contributed by atoms with E-state index in [9.17, 15) is 13.2 Å². The average Bonchev–Trinajstić information content (AvgIpc) is 2.85. The molecule has 0 aromatic carbocycles. The Hall–Kier alpha value is -0.990. The molecule has 0 atom stereocenters. The van der Waals surface area contributed by atoms with E-state index >= 15 is 0 Å². The Morgan fingerprint density at radius 3 is 2.47 bits per heavy atom. The predicted molar refractivity (Wildman–Crippen MR) is 73.8 cm³/mol. The van der Waals surface area contributed by atoms with Crippen LogP contribution in [0.5, 0.6) is 0 Å². The number of piperazine rings is 1. The molecule has 2 rings (SSSR count). The lowest BCUT2D eigenvalue weighted by Gasteiger charge is -2.33. The zero-order valence-corrected chi connectivity index (χ0v) is 12.6. The van der Waals surface area contributed by atoms with Crippen LogP contribution in [-0.2, 0) is 10.0 Å². The van der Waals surface area contributed by atoms with Gasteiger partial charge >= 0.3 is 0 Å². The zero-order valence-electron chi connectivity index (χ0n) is 11.0. The fourth-order valence-electron chi connectivity index (χ4n) is 1.98. The highest BCUT2D eigenvalue weighted by Gasteiger charge is 2.28. The van der Waals surface area contributed by atoms with Crippen LogP contribution in [0.25, 0.3) is 0 Å². The molecular weight excluding hydrogens is 286 g/mol. The number of hydrogen-bond donors (Lipinski definition) is 0. The van der Waals surface area contributed by atoms with Crippen molar-refractivity contribution in [2.45, 2.75) is 13.8 Å². The summed E-state index contributed by atoms with van der Waals surface area (Å²) in [5.74, 6) is -0.00966. The van der Waals surface area contributed by atoms with Gasteiger partial charge < -0.3 is 4.90 Å². The van der Waals surface area contributed by atoms with Gasteiger partial charge in [-0.05, 0) is 13.8 Å². The second-order valence-electron chi connectivity index (χ2n) is 4.34. The molecule has 19 heavy (non-hydrogen) atoms. The molecule has 1 aliphatic rings. The molecule has 0 aliphatic carbocycles. The van der Waals surface area contributed by atoms with E-state index in [-0.39, 0.29) is 11.7 Å². The molecule has 6 nitrogen and oxygen atoms in total. The minimum Gasteiger partial charge on any atom is -0.335 e. The quantitative estimate of drug-likeness (QED) is 0.818. The number of carbonyl (C=O) groups is 1. The Morgan fingerprint density at radius 1 is 1.37 bits per heavy atom. The third kappa shape index (κ3) is 3.13. The number of sulfonamides is 1. The summed E-state index contributed by atoms with van der Waals surface area (Å²) < 4.78 is 24.9. The lowest BCUT2D eigenvalue weighted by molar-refractivity contribution is 0.0692. The van der Waals surface area contributed by atoms with Gasteiger partial charge in [-0.1, -0.05) is 0 Å². The van der Waals surface area contributed by atoms with Gasteiger partial charge in [0, 0.05) is 31.6 Å². The van der Waals surface area contributed by atoms with E-state index in [2.05, 4.69) is 4.98 Å². The molecule has 0 spiro atoms. The van der Waals surface area contributed by atoms with Crippen LogP contribution in [0.15, 0.2) is 5.38 Å². The van der Waals surface area contributed by atoms with Crippen molar-refractivity contribution in [3.63, 3.8) is 0 Å². The Kier molecular flexibility index (Phi) is 4.22. The van der Waals surface area contributed by atoms with Gasteiger partial charge in [-0.3, -0.25) is 4.79 Å². The average molecular weight is 303 g/mol. The second-order valence-corrected chi connectivity index (χ2v) is 7.66. The van der Waals surface area contributed by atoms with Crippen LogP contribution in [0.4, 0.5) is 0 Å². The first-order valence-corrected chi connectivity index (χ1v) is 8.62. The topological polar surface area (TPSA) is 70.6 Å². The van der Waals surface area contributed by atoms with Gasteiger partial charge in [-0.2, -0.15) is 4.31 Å². The number of amides is 1. The minimum absolute atomic E-state index is 0.103. The lowest BCUT2D eigenvalue weighted by atomic mass is 10.3. The Labute approximate surface area is 117 Å². The van der Waals surface area contributed by atoms with Crippen LogP contribution in [-0.4, -0.2) is 60.4 Å². The van der Waals surface area contributed by atoms with Crippen molar-refractivity contribution in [3.8, 4) is 0 Å². The van der Waals surface area contributed by atoms with E-state index in [1.807, 2.05) is 6.92 Å². The summed E-state index contributed by atoms with van der Waals surface area (Å²) in [6.45, 7) is 5.07. The number of hydrogen-bond acceptors (Lipinski definition) is 5. The second kappa shape index (κ2) is 5.56. The van der Waals surface area contributed by atoms with Crippen molar-refractivity contribution >= 4 is 27.3 Å². The molecule has 0 radical (unpaired) electrons. The van der Waals surface area contributed by atoms with Crippen LogP contribution < -0.4 is 0 Å². The standard InChI is InChI=1S/C11H17N3O3S2/c1-3-19(16,17)14-6-4-13(5-7-14)11(15)10-8-18-9(2)12-10/h8H,3-7H2,1-2H3. The molecule has 1 amide bonds. The summed E-state index contributed by atoms with van der Waals surface area (Å²) in [6.07, 6.45) is 0. The first-order chi connectivity index (χ1) is 8.94. The Bertz CT molecular complexity index is 559. The van der Waals surface area contributed by atoms with Gasteiger partial charge in [0.05, 0.1) is 10.8 Å². The molecule has 2 heterocycles. The highest BCUT2D eigenvalue weighted by atomic mass is 32.2. The maximum Gasteiger partial charge on any atom is 0.273 e. The molecule has 8 heteroatoms. The van der Waals surface area contributed by atoms with E-state index in [0.717, 1.165) is 5.01 Å². The molecule has 0 bridgehead atoms. The van der Waals surface area contributed by atoms with Crippen LogP contribution in [0, 0.1) is 6.92 Å². The SMILES string of the molecule is CCS(=O)(=O)N1CCN(C(=O)c2csc(C)n2)CC1. The Balaban J connectivity index is 1.99. The van der Waals surface area contributed by atoms with E-state index in [1.165, 1.54) is 15.6 Å². The van der Waals surface area contributed by atoms with Crippen LogP contribution in [0.1, 0.15) is 22.4 Å². The fourth-order valence-corrected chi connectivity index (χ4v) is 3.65. The van der Waals surface area contributed by atoms with Crippen molar-refractivity contribution < 1.29 is 13.2 Å². The van der Waals surface area contributed by atoms with E-state index in [1.54, 1.807) is 17.2 Å². The van der Waals surface area contributed by atoms with Crippen molar-refractivity contribution in [1.82, 2.24) is 14.2 Å². The van der Waals surface area contributed by atoms with Gasteiger partial charge in [0.15, 0.2) is 0 Å². The summed E-state index contributed by atoms with van der Waals surface area (Å²) in [6, 6.07) is 0. The predicted octanol–water partition coefficient (Wildman–Crippen LogP) is 0.559. The first-order valence-electron chi connectivity index (χ1n) is 6.13. The van der Waals surface area contributed by atoms with E-state index in [0.29, 0.717) is 31.9 Å². The molecular formula is C11H17N3O3S2. The summed E-state index contributed by atoms with van der Waals surface area (Å²) in [4.78, 5) is 18.0. The molecule has 0 unspecified atom stereocenters. The maximum absolute atomic E-state index is 12.1. The third-order valence-electron chi connectivity index (χ3n) is 3.12. The van der Waals surface area contributed by atoms with Crippen LogP contribution in [0.3, 0.4) is 0 Å². The lowest BCUT2D eigenvalue weighted by Crippen LogP contribution is -2.50. The fraction of sp³-hybridized carbons (Fsp3) is 0.636. The number of carbonyl (C=O) groups excluding carboxylic acids is 1. The highest BCUT2D eigenvalue weighted by molar-refractivity contribution is 7.89. The van der Waals surface area contributed by atoms with Crippen molar-refractivity contribution in [2.75, 3.05) is 31.9 Å². The summed E-state index contributed by atoms with van der Waals surface area (Å²) in [5.41, 5.74) is 0.453. The molecule has 1 aromatic heterocycles. The van der Waals surface area contributed by atoms with Gasteiger partial charge in [-0.15, -0.1) is 11.3 Å². The third-order valence-corrected chi connectivity index (χ3v) is 5.78. The normalized spacial score (nSPS) is 17.7. The molecule has 1 saturated heterocycles. The summed E-state index contributed by atoms with van der Waals surface area (Å²) in [5, 5.41) is 2.60. The monoisotopic (exact) mass is 303 g/mol. The number of rotatable bonds is 3. The van der Waals surface area contributed by atoms with Crippen molar-refractivity contribution in [1.29, 1.82) is 0 Å². The molecule has 106 valence electrons. The van der Waals surface area contributed by atoms with Gasteiger partial charge in [0.1, 0.15) is 5.69 Å². The number of aromatic nitrogens is 1. The molecule has 0 saturated carbocycles. The molecule has 1 aliphatic heterocycles. The van der Waals surface area contributed by atoms with Gasteiger partial charge in [0.2, 0.25) is 10.0 Å². The Morgan fingerprint density at radius 2 is 2.00 bits per heavy atom. The smallest absolute Gasteiger partial charge is 0.273 e. The van der Waals surface area contributed by atoms with E-state index in [4.69, 9.17) is 0 Å². The molecule has 1 aromatic rings. The van der Waals surface area contributed by atoms with Crippen LogP contribution in [0.2, 0.25) is 0 Å². The molecule has 1 fully saturated rings. The van der Waals surface area contributed by atoms with Crippen molar-refractivity contribution in [2.24, 2.45) is 0 Å². The summed E-state index contributed by atoms with van der Waals surface area (Å²) in [7, 11) is -3.15. The summed E-state index contributed by atoms with van der Waals surface area (Å²) >= 11 is 1.44. The zero-order chi connectivity index (χ0) is 14.0. The number of aryl methyl sites for hydroxylation is 1. The first kappa shape index (κ1) is 14.4. The molecule has 0 N–H and O–H groups in total. The maximum atomic E-state index is 12.1. The van der Waals surface area contributed by atoms with E-state index < -0.39 is 10.0 Å². The largest absolute Gasteiger partial charge is 0.335 e. The van der Waals surface area contributed by atoms with Crippen molar-refractivity contribution in [3.05, 3.63) is 16.1 Å². The minimum atomic E-state index is -3.15. The highest BCUT2D eigenvalue weighted by Crippen LogP contribution is 2.13. The van der Waals surface area contributed by atoms with Gasteiger partial charge in [0.25, 0.3) is 5.91 Å². The van der Waals surface area contributed by atoms with Gasteiger partial charge in [-0.25, -0.2) is 13.4 Å². The number of nitrogens with zero attached hydrogens (tertiary/aromatic N) is 3. The number of thiazole rings is 1. The van der Waals surface area contributed by atoms with Crippen LogP contribution >= 0.6 is 11.3 Å².